The van der Waals surface area contributed by atoms with Crippen LogP contribution < -0.4 is 10.2 Å². The van der Waals surface area contributed by atoms with Gasteiger partial charge in [0, 0.05) is 30.7 Å². The van der Waals surface area contributed by atoms with E-state index in [0.29, 0.717) is 19.1 Å². The van der Waals surface area contributed by atoms with Crippen molar-refractivity contribution in [3.63, 3.8) is 0 Å². The lowest BCUT2D eigenvalue weighted by atomic mass is 9.94. The first-order valence-electron chi connectivity index (χ1n) is 6.70. The minimum Gasteiger partial charge on any atom is -0.356 e. The maximum absolute atomic E-state index is 10.8. The van der Waals surface area contributed by atoms with Crippen molar-refractivity contribution in [2.45, 2.75) is 31.4 Å². The van der Waals surface area contributed by atoms with Crippen molar-refractivity contribution in [1.82, 2.24) is 10.3 Å². The van der Waals surface area contributed by atoms with Crippen LogP contribution in [0.5, 0.6) is 0 Å². The molecule has 1 aliphatic heterocycles. The molecular formula is C12H19N3O4S2. The van der Waals surface area contributed by atoms with Crippen molar-refractivity contribution >= 4 is 33.0 Å². The number of nitrogens with zero attached hydrogens (tertiary/aromatic N) is 2. The van der Waals surface area contributed by atoms with E-state index in [2.05, 4.69) is 10.3 Å². The quantitative estimate of drug-likeness (QED) is 0.627. The lowest BCUT2D eigenvalue weighted by molar-refractivity contribution is -0.110. The molecule has 0 bridgehead atoms. The van der Waals surface area contributed by atoms with Crippen molar-refractivity contribution in [3.8, 4) is 0 Å². The first-order chi connectivity index (χ1) is 9.98. The third-order valence-corrected chi connectivity index (χ3v) is 4.71. The van der Waals surface area contributed by atoms with E-state index in [-0.39, 0.29) is 6.10 Å². The lowest BCUT2D eigenvalue weighted by Gasteiger charge is -2.37. The van der Waals surface area contributed by atoms with Crippen molar-refractivity contribution in [1.29, 1.82) is 0 Å². The highest BCUT2D eigenvalue weighted by Gasteiger charge is 2.31. The summed E-state index contributed by atoms with van der Waals surface area (Å²) in [7, 11) is -3.32. The van der Waals surface area contributed by atoms with Gasteiger partial charge in [0.05, 0.1) is 6.26 Å². The van der Waals surface area contributed by atoms with E-state index < -0.39 is 10.1 Å². The van der Waals surface area contributed by atoms with Crippen LogP contribution in [0.2, 0.25) is 0 Å². The summed E-state index contributed by atoms with van der Waals surface area (Å²) in [5, 5.41) is 5.51. The van der Waals surface area contributed by atoms with Gasteiger partial charge in [0.15, 0.2) is 5.13 Å². The first kappa shape index (κ1) is 16.2. The predicted molar refractivity (Wildman–Crippen MR) is 80.9 cm³/mol. The van der Waals surface area contributed by atoms with Gasteiger partial charge in [-0.3, -0.25) is 8.98 Å². The Hall–Kier alpha value is -1.19. The minimum absolute atomic E-state index is 0.214. The molecular weight excluding hydrogens is 314 g/mol. The number of thiazole rings is 1. The van der Waals surface area contributed by atoms with Crippen LogP contribution in [0.3, 0.4) is 0 Å². The molecule has 3 rings (SSSR count). The number of amides is 1. The number of rotatable bonds is 5. The second kappa shape index (κ2) is 7.19. The minimum atomic E-state index is -3.32. The molecule has 0 atom stereocenters. The Morgan fingerprint density at radius 2 is 2.19 bits per heavy atom. The van der Waals surface area contributed by atoms with Gasteiger partial charge < -0.3 is 10.2 Å². The molecule has 1 amide bonds. The maximum Gasteiger partial charge on any atom is 0.264 e. The Bertz CT molecular complexity index is 537. The smallest absolute Gasteiger partial charge is 0.264 e. The molecule has 2 aliphatic rings. The molecule has 1 aromatic heterocycles. The zero-order valence-electron chi connectivity index (χ0n) is 11.8. The fraction of sp³-hybridized carbons (Fsp3) is 0.667. The van der Waals surface area contributed by atoms with E-state index in [0.717, 1.165) is 17.8 Å². The van der Waals surface area contributed by atoms with E-state index in [1.54, 1.807) is 6.20 Å². The van der Waals surface area contributed by atoms with E-state index in [1.807, 2.05) is 10.3 Å². The number of carbonyl (C=O) groups excluding carboxylic acids is 1. The van der Waals surface area contributed by atoms with E-state index >= 15 is 0 Å². The number of carbonyl (C=O) groups is 1. The van der Waals surface area contributed by atoms with Gasteiger partial charge in [-0.2, -0.15) is 8.42 Å². The Balaban J connectivity index is 0.000000194. The molecule has 0 aromatic carbocycles. The monoisotopic (exact) mass is 333 g/mol. The summed E-state index contributed by atoms with van der Waals surface area (Å²) in [6.07, 6.45) is 7.00. The third kappa shape index (κ3) is 5.25. The molecule has 1 saturated carbocycles. The standard InChI is InChI=1S/C7H10N2O3S2.C5H9NO/c1-14(10,11)12-6-4-9(5-6)7-8-2-3-13-7;7-4-6-5-2-1-3-5/h2-3,6H,4-5H2,1H3;4-5H,1-3H2,(H,6,7). The van der Waals surface area contributed by atoms with Gasteiger partial charge in [-0.15, -0.1) is 11.3 Å². The summed E-state index contributed by atoms with van der Waals surface area (Å²) in [6, 6.07) is 0.512. The number of hydrogen-bond acceptors (Lipinski definition) is 7. The van der Waals surface area contributed by atoms with E-state index in [4.69, 9.17) is 4.18 Å². The van der Waals surface area contributed by atoms with Crippen LogP contribution in [0.25, 0.3) is 0 Å². The van der Waals surface area contributed by atoms with Crippen molar-refractivity contribution < 1.29 is 17.4 Å². The van der Waals surface area contributed by atoms with Crippen LogP contribution in [0.1, 0.15) is 19.3 Å². The number of hydrogen-bond donors (Lipinski definition) is 1. The van der Waals surface area contributed by atoms with Crippen LogP contribution in [0.4, 0.5) is 5.13 Å². The molecule has 2 fully saturated rings. The van der Waals surface area contributed by atoms with Crippen molar-refractivity contribution in [2.24, 2.45) is 0 Å². The summed E-state index contributed by atoms with van der Waals surface area (Å²) in [4.78, 5) is 15.8. The SMILES string of the molecule is CS(=O)(=O)OC1CN(c2nccs2)C1.O=CNC1CCC1. The largest absolute Gasteiger partial charge is 0.356 e. The molecule has 1 aromatic rings. The molecule has 7 nitrogen and oxygen atoms in total. The summed E-state index contributed by atoms with van der Waals surface area (Å²) in [5.74, 6) is 0. The highest BCUT2D eigenvalue weighted by Crippen LogP contribution is 2.24. The van der Waals surface area contributed by atoms with Crippen LogP contribution in [0.15, 0.2) is 11.6 Å². The fourth-order valence-corrected chi connectivity index (χ4v) is 3.23. The zero-order chi connectivity index (χ0) is 15.3. The van der Waals surface area contributed by atoms with Crippen LogP contribution in [0, 0.1) is 0 Å². The molecule has 9 heteroatoms. The van der Waals surface area contributed by atoms with Crippen molar-refractivity contribution in [3.05, 3.63) is 11.6 Å². The zero-order valence-corrected chi connectivity index (χ0v) is 13.4. The summed E-state index contributed by atoms with van der Waals surface area (Å²) in [6.45, 7) is 1.20. The molecule has 1 saturated heterocycles. The number of nitrogens with one attached hydrogen (secondary N) is 1. The van der Waals surface area contributed by atoms with Gasteiger partial charge >= 0.3 is 0 Å². The Labute approximate surface area is 128 Å². The summed E-state index contributed by atoms with van der Waals surface area (Å²) >= 11 is 1.54. The number of aromatic nitrogens is 1. The van der Waals surface area contributed by atoms with Crippen LogP contribution >= 0.6 is 11.3 Å². The second-order valence-corrected chi connectivity index (χ2v) is 7.53. The van der Waals surface area contributed by atoms with E-state index in [9.17, 15) is 13.2 Å². The fourth-order valence-electron chi connectivity index (χ4n) is 1.95. The van der Waals surface area contributed by atoms with Gasteiger partial charge in [-0.25, -0.2) is 4.98 Å². The molecule has 1 N–H and O–H groups in total. The third-order valence-electron chi connectivity index (χ3n) is 3.26. The number of anilines is 1. The average Bonchev–Trinajstić information content (AvgIpc) is 2.81. The molecule has 2 heterocycles. The lowest BCUT2D eigenvalue weighted by Crippen LogP contribution is -2.52. The normalized spacial score (nSPS) is 19.0. The average molecular weight is 333 g/mol. The molecule has 0 unspecified atom stereocenters. The van der Waals surface area contributed by atoms with Gasteiger partial charge in [-0.05, 0) is 19.3 Å². The Morgan fingerprint density at radius 3 is 2.57 bits per heavy atom. The van der Waals surface area contributed by atoms with Crippen LogP contribution in [-0.4, -0.2) is 51.3 Å². The van der Waals surface area contributed by atoms with Gasteiger partial charge in [0.1, 0.15) is 6.10 Å². The maximum atomic E-state index is 10.8. The van der Waals surface area contributed by atoms with Crippen molar-refractivity contribution in [2.75, 3.05) is 24.2 Å². The second-order valence-electron chi connectivity index (χ2n) is 5.05. The first-order valence-corrected chi connectivity index (χ1v) is 9.40. The molecule has 1 aliphatic carbocycles. The summed E-state index contributed by atoms with van der Waals surface area (Å²) in [5.41, 5.74) is 0. The molecule has 0 spiro atoms. The van der Waals surface area contributed by atoms with E-state index in [1.165, 1.54) is 30.6 Å². The molecule has 21 heavy (non-hydrogen) atoms. The highest BCUT2D eigenvalue weighted by atomic mass is 32.2. The Morgan fingerprint density at radius 1 is 1.48 bits per heavy atom. The highest BCUT2D eigenvalue weighted by molar-refractivity contribution is 7.86. The predicted octanol–water partition coefficient (Wildman–Crippen LogP) is 0.593. The summed E-state index contributed by atoms with van der Waals surface area (Å²) < 4.78 is 26.4. The molecule has 0 radical (unpaired) electrons. The molecule has 118 valence electrons. The Kier molecular flexibility index (Phi) is 5.54. The van der Waals surface area contributed by atoms with Gasteiger partial charge in [-0.1, -0.05) is 0 Å². The van der Waals surface area contributed by atoms with Crippen LogP contribution in [-0.2, 0) is 19.1 Å². The topological polar surface area (TPSA) is 88.6 Å². The van der Waals surface area contributed by atoms with Gasteiger partial charge in [0.25, 0.3) is 10.1 Å². The van der Waals surface area contributed by atoms with Gasteiger partial charge in [0.2, 0.25) is 6.41 Å².